The Hall–Kier alpha value is -2.25. The van der Waals surface area contributed by atoms with Crippen molar-refractivity contribution < 1.29 is 14.3 Å². The first-order valence-electron chi connectivity index (χ1n) is 10.5. The second-order valence-corrected chi connectivity index (χ2v) is 9.26. The summed E-state index contributed by atoms with van der Waals surface area (Å²) in [7, 11) is 1.36. The molecule has 3 aliphatic heterocycles. The minimum Gasteiger partial charge on any atom is -0.466 e. The molecule has 2 unspecified atom stereocenters. The van der Waals surface area contributed by atoms with E-state index in [2.05, 4.69) is 11.9 Å². The van der Waals surface area contributed by atoms with E-state index in [0.717, 1.165) is 42.2 Å². The number of carbonyl (C=O) groups excluding carboxylic acids is 2. The van der Waals surface area contributed by atoms with Crippen LogP contribution in [-0.2, 0) is 14.3 Å². The fourth-order valence-electron chi connectivity index (χ4n) is 4.46. The van der Waals surface area contributed by atoms with Gasteiger partial charge < -0.3 is 14.5 Å². The molecule has 3 heterocycles. The number of halogens is 1. The van der Waals surface area contributed by atoms with E-state index in [1.54, 1.807) is 13.0 Å². The van der Waals surface area contributed by atoms with Crippen molar-refractivity contribution in [1.82, 2.24) is 9.80 Å². The summed E-state index contributed by atoms with van der Waals surface area (Å²) in [6.45, 7) is 4.71. The van der Waals surface area contributed by atoms with Gasteiger partial charge in [0.05, 0.1) is 30.8 Å². The van der Waals surface area contributed by atoms with Crippen LogP contribution in [0.2, 0.25) is 5.02 Å². The van der Waals surface area contributed by atoms with E-state index in [1.807, 2.05) is 33.4 Å². The highest BCUT2D eigenvalue weighted by atomic mass is 35.5. The van der Waals surface area contributed by atoms with Gasteiger partial charge in [0.25, 0.3) is 0 Å². The third-order valence-electron chi connectivity index (χ3n) is 6.06. The van der Waals surface area contributed by atoms with E-state index < -0.39 is 12.0 Å². The molecule has 1 fully saturated rings. The Kier molecular flexibility index (Phi) is 6.44. The molecule has 1 amide bonds. The summed E-state index contributed by atoms with van der Waals surface area (Å²) in [5, 5.41) is 3.25. The number of nitrogens with zero attached hydrogens (tertiary/aromatic N) is 3. The molecule has 0 spiro atoms. The predicted octanol–water partition coefficient (Wildman–Crippen LogP) is 4.88. The highest BCUT2D eigenvalue weighted by Crippen LogP contribution is 2.46. The molecule has 1 saturated heterocycles. The van der Waals surface area contributed by atoms with Crippen molar-refractivity contribution in [2.75, 3.05) is 13.7 Å². The van der Waals surface area contributed by atoms with E-state index in [9.17, 15) is 9.59 Å². The topological polar surface area (TPSA) is 62.2 Å². The Labute approximate surface area is 192 Å². The molecule has 31 heavy (non-hydrogen) atoms. The monoisotopic (exact) mass is 459 g/mol. The summed E-state index contributed by atoms with van der Waals surface area (Å²) >= 11 is 8.03. The molecule has 164 valence electrons. The Bertz CT molecular complexity index is 1000. The molecule has 0 N–H and O–H groups in total. The molecule has 3 aliphatic rings. The van der Waals surface area contributed by atoms with Gasteiger partial charge >= 0.3 is 5.97 Å². The molecule has 2 atom stereocenters. The first kappa shape index (κ1) is 22.0. The number of allylic oxidation sites excluding steroid dienone is 1. The smallest absolute Gasteiger partial charge is 0.338 e. The standard InChI is InChI=1S/C23H26ClN3O3S/c1-14-8-6-7-11-26(14)19(28)12-16-13-31-23-25-15(2)20(22(29)30-3)21(27(16)23)17-9-4-5-10-18(17)24/h4-5,9-10,13-14,21H,6-8,11-12H2,1-3H3. The van der Waals surface area contributed by atoms with Crippen LogP contribution >= 0.6 is 23.4 Å². The number of rotatable bonds is 4. The van der Waals surface area contributed by atoms with E-state index in [-0.39, 0.29) is 18.4 Å². The number of benzene rings is 1. The summed E-state index contributed by atoms with van der Waals surface area (Å²) < 4.78 is 5.09. The van der Waals surface area contributed by atoms with Gasteiger partial charge in [-0.15, -0.1) is 0 Å². The van der Waals surface area contributed by atoms with Crippen LogP contribution in [0.4, 0.5) is 0 Å². The maximum Gasteiger partial charge on any atom is 0.338 e. The maximum atomic E-state index is 13.2. The number of hydrogen-bond donors (Lipinski definition) is 0. The molecule has 6 nitrogen and oxygen atoms in total. The highest BCUT2D eigenvalue weighted by Gasteiger charge is 2.42. The van der Waals surface area contributed by atoms with Gasteiger partial charge in [0, 0.05) is 23.3 Å². The molecule has 8 heteroatoms. The summed E-state index contributed by atoms with van der Waals surface area (Å²) in [4.78, 5) is 34.5. The van der Waals surface area contributed by atoms with Crippen LogP contribution in [0.3, 0.4) is 0 Å². The van der Waals surface area contributed by atoms with Crippen molar-refractivity contribution in [3.8, 4) is 0 Å². The minimum atomic E-state index is -0.499. The van der Waals surface area contributed by atoms with Gasteiger partial charge in [-0.05, 0) is 50.1 Å². The molecular weight excluding hydrogens is 434 g/mol. The summed E-state index contributed by atoms with van der Waals surface area (Å²) in [6.07, 6.45) is 3.49. The van der Waals surface area contributed by atoms with Gasteiger partial charge in [-0.1, -0.05) is 41.6 Å². The average Bonchev–Trinajstić information content (AvgIpc) is 3.15. The van der Waals surface area contributed by atoms with Crippen molar-refractivity contribution in [3.05, 3.63) is 57.2 Å². The number of carbonyl (C=O) groups is 2. The second kappa shape index (κ2) is 9.09. The molecule has 1 aromatic rings. The lowest BCUT2D eigenvalue weighted by molar-refractivity contribution is -0.136. The largest absolute Gasteiger partial charge is 0.466 e. The summed E-state index contributed by atoms with van der Waals surface area (Å²) in [5.41, 5.74) is 2.64. The minimum absolute atomic E-state index is 0.101. The number of likely N-dealkylation sites (tertiary alicyclic amines) is 1. The number of ether oxygens (including phenoxy) is 1. The number of amides is 1. The number of methoxy groups -OCH3 is 1. The van der Waals surface area contributed by atoms with Crippen LogP contribution in [0.1, 0.15) is 51.1 Å². The second-order valence-electron chi connectivity index (χ2n) is 8.01. The van der Waals surface area contributed by atoms with Crippen molar-refractivity contribution in [3.63, 3.8) is 0 Å². The van der Waals surface area contributed by atoms with Crippen LogP contribution in [-0.4, -0.2) is 46.5 Å². The van der Waals surface area contributed by atoms with Crippen LogP contribution in [0.25, 0.3) is 0 Å². The predicted molar refractivity (Wildman–Crippen MR) is 124 cm³/mol. The Morgan fingerprint density at radius 2 is 2.06 bits per heavy atom. The lowest BCUT2D eigenvalue weighted by Gasteiger charge is -2.38. The Morgan fingerprint density at radius 1 is 1.29 bits per heavy atom. The van der Waals surface area contributed by atoms with E-state index in [1.165, 1.54) is 18.9 Å². The third-order valence-corrected chi connectivity index (χ3v) is 7.29. The zero-order chi connectivity index (χ0) is 22.1. The zero-order valence-electron chi connectivity index (χ0n) is 17.9. The number of esters is 1. The van der Waals surface area contributed by atoms with Crippen LogP contribution in [0.15, 0.2) is 51.6 Å². The number of hydrogen-bond acceptors (Lipinski definition) is 6. The Morgan fingerprint density at radius 3 is 2.77 bits per heavy atom. The summed E-state index contributed by atoms with van der Waals surface area (Å²) in [6, 6.07) is 7.21. The van der Waals surface area contributed by atoms with Gasteiger partial charge in [-0.2, -0.15) is 0 Å². The summed E-state index contributed by atoms with van der Waals surface area (Å²) in [5.74, 6) is -0.346. The number of piperidine rings is 1. The molecule has 0 aromatic heterocycles. The van der Waals surface area contributed by atoms with Gasteiger partial charge in [0.1, 0.15) is 0 Å². The quantitative estimate of drug-likeness (QED) is 0.600. The first-order chi connectivity index (χ1) is 14.9. The molecular formula is C23H26ClN3O3S. The Balaban J connectivity index is 1.71. The molecule has 4 rings (SSSR count). The number of aliphatic imine (C=N–C) groups is 1. The molecule has 0 aliphatic carbocycles. The van der Waals surface area contributed by atoms with E-state index in [4.69, 9.17) is 16.3 Å². The van der Waals surface area contributed by atoms with Crippen molar-refractivity contribution in [1.29, 1.82) is 0 Å². The normalized spacial score (nSPS) is 23.4. The zero-order valence-corrected chi connectivity index (χ0v) is 19.5. The molecule has 1 aromatic carbocycles. The van der Waals surface area contributed by atoms with Gasteiger partial charge in [0.15, 0.2) is 5.17 Å². The maximum absolute atomic E-state index is 13.2. The fourth-order valence-corrected chi connectivity index (χ4v) is 5.66. The van der Waals surface area contributed by atoms with Gasteiger partial charge in [-0.3, -0.25) is 4.79 Å². The average molecular weight is 460 g/mol. The van der Waals surface area contributed by atoms with Crippen LogP contribution in [0.5, 0.6) is 0 Å². The van der Waals surface area contributed by atoms with Crippen molar-refractivity contribution in [2.45, 2.75) is 51.6 Å². The fraction of sp³-hybridized carbons (Fsp3) is 0.435. The number of thioether (sulfide) groups is 1. The number of fused-ring (bicyclic) bond motifs is 1. The third kappa shape index (κ3) is 4.13. The van der Waals surface area contributed by atoms with E-state index >= 15 is 0 Å². The van der Waals surface area contributed by atoms with Gasteiger partial charge in [-0.25, -0.2) is 9.79 Å². The first-order valence-corrected chi connectivity index (χ1v) is 11.7. The van der Waals surface area contributed by atoms with Crippen LogP contribution < -0.4 is 0 Å². The molecule has 0 bridgehead atoms. The SMILES string of the molecule is COC(=O)C1=C(C)N=C2SC=C(CC(=O)N3CCCCC3C)N2C1c1ccccc1Cl. The van der Waals surface area contributed by atoms with Crippen molar-refractivity contribution in [2.24, 2.45) is 4.99 Å². The highest BCUT2D eigenvalue weighted by molar-refractivity contribution is 8.16. The van der Waals surface area contributed by atoms with E-state index in [0.29, 0.717) is 16.3 Å². The van der Waals surface area contributed by atoms with Gasteiger partial charge in [0.2, 0.25) is 5.91 Å². The molecule has 0 saturated carbocycles. The van der Waals surface area contributed by atoms with Crippen LogP contribution in [0, 0.1) is 0 Å². The van der Waals surface area contributed by atoms with Crippen molar-refractivity contribution >= 4 is 40.4 Å². The number of amidine groups is 1. The lowest BCUT2D eigenvalue weighted by Crippen LogP contribution is -2.43. The lowest BCUT2D eigenvalue weighted by atomic mass is 9.93. The molecule has 0 radical (unpaired) electrons.